The Morgan fingerprint density at radius 3 is 2.47 bits per heavy atom. The molecule has 30 heavy (non-hydrogen) atoms. The van der Waals surface area contributed by atoms with Crippen molar-refractivity contribution in [1.82, 2.24) is 20.4 Å². The number of carbonyl (C=O) groups is 1. The van der Waals surface area contributed by atoms with E-state index in [0.29, 0.717) is 11.8 Å². The fourth-order valence-electron chi connectivity index (χ4n) is 5.21. The van der Waals surface area contributed by atoms with Crippen molar-refractivity contribution >= 4 is 43.1 Å². The summed E-state index contributed by atoms with van der Waals surface area (Å²) in [5.74, 6) is 0.854. The Hall–Kier alpha value is -0.560. The predicted molar refractivity (Wildman–Crippen MR) is 130 cm³/mol. The standard InChI is InChI=1S/C22H34N4O.3ClH/c27-21(22-9-5-4-8-20(22)16-23-18-22)24-10-11-25-12-14-26(15-13-25)17-19-6-2-1-3-7-19;;;/h1-3,6-7,20,23H,4-5,8-18H2,(H,24,27);3*1H/t20-,22+;;;/m0.../s1. The van der Waals surface area contributed by atoms with Crippen LogP contribution in [0.3, 0.4) is 0 Å². The molecule has 2 N–H and O–H groups in total. The molecule has 1 aliphatic carbocycles. The number of hydrogen-bond donors (Lipinski definition) is 2. The number of fused-ring (bicyclic) bond motifs is 1. The zero-order valence-electron chi connectivity index (χ0n) is 17.7. The van der Waals surface area contributed by atoms with E-state index in [0.717, 1.165) is 65.3 Å². The van der Waals surface area contributed by atoms with Gasteiger partial charge in [-0.3, -0.25) is 14.6 Å². The molecular formula is C22H37Cl3N4O. The topological polar surface area (TPSA) is 47.6 Å². The lowest BCUT2D eigenvalue weighted by Crippen LogP contribution is -2.51. The lowest BCUT2D eigenvalue weighted by molar-refractivity contribution is -0.134. The summed E-state index contributed by atoms with van der Waals surface area (Å²) in [6.45, 7) is 9.11. The Morgan fingerprint density at radius 2 is 1.73 bits per heavy atom. The predicted octanol–water partition coefficient (Wildman–Crippen LogP) is 2.97. The average molecular weight is 480 g/mol. The van der Waals surface area contributed by atoms with Crippen molar-refractivity contribution in [2.24, 2.45) is 11.3 Å². The van der Waals surface area contributed by atoms with E-state index in [4.69, 9.17) is 0 Å². The third-order valence-corrected chi connectivity index (χ3v) is 6.92. The van der Waals surface area contributed by atoms with Crippen LogP contribution in [0.1, 0.15) is 31.2 Å². The monoisotopic (exact) mass is 478 g/mol. The normalized spacial score (nSPS) is 26.5. The molecule has 3 aliphatic rings. The van der Waals surface area contributed by atoms with Crippen LogP contribution in [0.15, 0.2) is 30.3 Å². The Labute approximate surface area is 199 Å². The van der Waals surface area contributed by atoms with Gasteiger partial charge in [-0.2, -0.15) is 0 Å². The van der Waals surface area contributed by atoms with Crippen molar-refractivity contribution in [3.63, 3.8) is 0 Å². The van der Waals surface area contributed by atoms with E-state index in [-0.39, 0.29) is 42.6 Å². The van der Waals surface area contributed by atoms with E-state index in [1.807, 2.05) is 0 Å². The third-order valence-electron chi connectivity index (χ3n) is 6.92. The van der Waals surface area contributed by atoms with Gasteiger partial charge in [-0.15, -0.1) is 37.2 Å². The molecule has 0 unspecified atom stereocenters. The number of rotatable bonds is 6. The Morgan fingerprint density at radius 1 is 1.03 bits per heavy atom. The maximum absolute atomic E-state index is 12.9. The number of piperazine rings is 1. The highest BCUT2D eigenvalue weighted by Crippen LogP contribution is 2.43. The van der Waals surface area contributed by atoms with Crippen LogP contribution in [0.2, 0.25) is 0 Å². The summed E-state index contributed by atoms with van der Waals surface area (Å²) in [5.41, 5.74) is 1.27. The first-order valence-corrected chi connectivity index (χ1v) is 10.7. The maximum Gasteiger partial charge on any atom is 0.227 e. The van der Waals surface area contributed by atoms with Gasteiger partial charge >= 0.3 is 0 Å². The average Bonchev–Trinajstić information content (AvgIpc) is 3.15. The molecule has 172 valence electrons. The van der Waals surface area contributed by atoms with Crippen LogP contribution in [0.4, 0.5) is 0 Å². The summed E-state index contributed by atoms with van der Waals surface area (Å²) < 4.78 is 0. The minimum absolute atomic E-state index is 0. The van der Waals surface area contributed by atoms with Gasteiger partial charge in [0.25, 0.3) is 0 Å². The van der Waals surface area contributed by atoms with Crippen molar-refractivity contribution in [3.05, 3.63) is 35.9 Å². The molecule has 2 saturated heterocycles. The molecule has 0 bridgehead atoms. The highest BCUT2D eigenvalue weighted by Gasteiger charge is 2.49. The molecule has 8 heteroatoms. The summed E-state index contributed by atoms with van der Waals surface area (Å²) in [5, 5.41) is 6.75. The minimum Gasteiger partial charge on any atom is -0.354 e. The highest BCUT2D eigenvalue weighted by molar-refractivity contribution is 5.86. The Bertz CT molecular complexity index is 628. The van der Waals surface area contributed by atoms with Crippen LogP contribution < -0.4 is 10.6 Å². The fourth-order valence-corrected chi connectivity index (χ4v) is 5.21. The number of benzene rings is 1. The van der Waals surface area contributed by atoms with Gasteiger partial charge in [0.2, 0.25) is 5.91 Å². The lowest BCUT2D eigenvalue weighted by Gasteiger charge is -2.38. The number of nitrogens with zero attached hydrogens (tertiary/aromatic N) is 2. The number of halogens is 3. The minimum atomic E-state index is -0.118. The van der Waals surface area contributed by atoms with E-state index in [1.165, 1.54) is 24.8 Å². The van der Waals surface area contributed by atoms with Crippen LogP contribution in [-0.4, -0.2) is 68.1 Å². The van der Waals surface area contributed by atoms with Gasteiger partial charge in [0.15, 0.2) is 0 Å². The van der Waals surface area contributed by atoms with Gasteiger partial charge in [0.1, 0.15) is 0 Å². The smallest absolute Gasteiger partial charge is 0.227 e. The highest BCUT2D eigenvalue weighted by atomic mass is 35.5. The SMILES string of the molecule is Cl.Cl.Cl.O=C(NCCN1CCN(Cc2ccccc2)CC1)[C@@]12CCCC[C@H]1CNC2. The van der Waals surface area contributed by atoms with Gasteiger partial charge in [0.05, 0.1) is 5.41 Å². The van der Waals surface area contributed by atoms with Gasteiger partial charge in [-0.05, 0) is 30.9 Å². The molecular weight excluding hydrogens is 443 g/mol. The van der Waals surface area contributed by atoms with Crippen molar-refractivity contribution in [2.45, 2.75) is 32.2 Å². The quantitative estimate of drug-likeness (QED) is 0.658. The van der Waals surface area contributed by atoms with Crippen LogP contribution in [0, 0.1) is 11.3 Å². The van der Waals surface area contributed by atoms with E-state index >= 15 is 0 Å². The summed E-state index contributed by atoms with van der Waals surface area (Å²) in [4.78, 5) is 17.9. The summed E-state index contributed by atoms with van der Waals surface area (Å²) in [6.07, 6.45) is 4.77. The molecule has 0 spiro atoms. The first kappa shape index (κ1) is 27.5. The van der Waals surface area contributed by atoms with Gasteiger partial charge in [0, 0.05) is 52.4 Å². The molecule has 3 fully saturated rings. The third kappa shape index (κ3) is 6.47. The van der Waals surface area contributed by atoms with E-state index < -0.39 is 0 Å². The molecule has 2 heterocycles. The second-order valence-electron chi connectivity index (χ2n) is 8.59. The number of hydrogen-bond acceptors (Lipinski definition) is 4. The Kier molecular flexibility index (Phi) is 12.0. The van der Waals surface area contributed by atoms with E-state index in [1.54, 1.807) is 0 Å². The maximum atomic E-state index is 12.9. The molecule has 2 aliphatic heterocycles. The van der Waals surface area contributed by atoms with Crippen molar-refractivity contribution in [3.8, 4) is 0 Å². The van der Waals surface area contributed by atoms with Crippen LogP contribution in [0.25, 0.3) is 0 Å². The largest absolute Gasteiger partial charge is 0.354 e. The van der Waals surface area contributed by atoms with Crippen molar-refractivity contribution in [2.75, 3.05) is 52.4 Å². The summed E-state index contributed by atoms with van der Waals surface area (Å²) in [6, 6.07) is 10.7. The summed E-state index contributed by atoms with van der Waals surface area (Å²) >= 11 is 0. The number of amides is 1. The zero-order valence-corrected chi connectivity index (χ0v) is 20.1. The van der Waals surface area contributed by atoms with E-state index in [2.05, 4.69) is 50.8 Å². The molecule has 1 saturated carbocycles. The Balaban J connectivity index is 0.00000150. The molecule has 1 amide bonds. The molecule has 1 aromatic carbocycles. The van der Waals surface area contributed by atoms with Crippen LogP contribution >= 0.6 is 37.2 Å². The molecule has 5 nitrogen and oxygen atoms in total. The second-order valence-corrected chi connectivity index (χ2v) is 8.59. The molecule has 0 aromatic heterocycles. The molecule has 1 aromatic rings. The van der Waals surface area contributed by atoms with Gasteiger partial charge < -0.3 is 10.6 Å². The number of carbonyl (C=O) groups excluding carboxylic acids is 1. The lowest BCUT2D eigenvalue weighted by atomic mass is 9.67. The van der Waals surface area contributed by atoms with Gasteiger partial charge in [-0.1, -0.05) is 43.2 Å². The summed E-state index contributed by atoms with van der Waals surface area (Å²) in [7, 11) is 0. The van der Waals surface area contributed by atoms with Gasteiger partial charge in [-0.25, -0.2) is 0 Å². The second kappa shape index (κ2) is 13.1. The zero-order chi connectivity index (χ0) is 18.5. The van der Waals surface area contributed by atoms with Crippen molar-refractivity contribution in [1.29, 1.82) is 0 Å². The van der Waals surface area contributed by atoms with E-state index in [9.17, 15) is 4.79 Å². The van der Waals surface area contributed by atoms with Crippen LogP contribution in [0.5, 0.6) is 0 Å². The number of nitrogens with one attached hydrogen (secondary N) is 2. The van der Waals surface area contributed by atoms with Crippen molar-refractivity contribution < 1.29 is 4.79 Å². The first-order chi connectivity index (χ1) is 13.3. The van der Waals surface area contributed by atoms with Crippen LogP contribution in [-0.2, 0) is 11.3 Å². The first-order valence-electron chi connectivity index (χ1n) is 10.7. The fraction of sp³-hybridized carbons (Fsp3) is 0.682. The molecule has 4 rings (SSSR count). The molecule has 0 radical (unpaired) electrons. The molecule has 2 atom stereocenters.